The largest absolute Gasteiger partial charge is 0.506 e. The molecule has 0 bridgehead atoms. The van der Waals surface area contributed by atoms with Crippen LogP contribution in [0, 0.1) is 6.92 Å². The lowest BCUT2D eigenvalue weighted by molar-refractivity contribution is -0.110. The van der Waals surface area contributed by atoms with Crippen molar-refractivity contribution in [2.24, 2.45) is 0 Å². The minimum atomic E-state index is -0.207. The average Bonchev–Trinajstić information content (AvgIpc) is 3.21. The van der Waals surface area contributed by atoms with Gasteiger partial charge in [0.15, 0.2) is 0 Å². The minimum Gasteiger partial charge on any atom is -0.506 e. The number of aromatic hydroxyl groups is 1. The van der Waals surface area contributed by atoms with Crippen LogP contribution in [-0.4, -0.2) is 16.0 Å². The van der Waals surface area contributed by atoms with E-state index in [1.807, 2.05) is 18.2 Å². The summed E-state index contributed by atoms with van der Waals surface area (Å²) >= 11 is 3.33. The predicted molar refractivity (Wildman–Crippen MR) is 99.0 cm³/mol. The predicted octanol–water partition coefficient (Wildman–Crippen LogP) is 4.61. The third kappa shape index (κ3) is 2.74. The molecule has 1 aromatic carbocycles. The highest BCUT2D eigenvalue weighted by atomic mass is 79.9. The number of nitrogens with one attached hydrogen (secondary N) is 1. The van der Waals surface area contributed by atoms with E-state index in [4.69, 9.17) is 4.42 Å². The molecule has 0 spiro atoms. The zero-order valence-corrected chi connectivity index (χ0v) is 14.8. The smallest absolute Gasteiger partial charge is 0.257 e. The summed E-state index contributed by atoms with van der Waals surface area (Å²) in [6.45, 7) is 1.81. The van der Waals surface area contributed by atoms with E-state index in [2.05, 4.69) is 26.2 Å². The highest BCUT2D eigenvalue weighted by Crippen LogP contribution is 2.36. The van der Waals surface area contributed by atoms with Gasteiger partial charge in [-0.3, -0.25) is 4.79 Å². The zero-order valence-electron chi connectivity index (χ0n) is 13.2. The van der Waals surface area contributed by atoms with Crippen LogP contribution in [0.15, 0.2) is 51.7 Å². The average molecular weight is 397 g/mol. The summed E-state index contributed by atoms with van der Waals surface area (Å²) in [6.07, 6.45) is 5.05. The lowest BCUT2D eigenvalue weighted by Crippen LogP contribution is -2.04. The lowest BCUT2D eigenvalue weighted by atomic mass is 10.0. The number of amides is 1. The number of benzene rings is 1. The molecule has 0 saturated carbocycles. The summed E-state index contributed by atoms with van der Waals surface area (Å²) in [4.78, 5) is 16.7. The van der Waals surface area contributed by atoms with Crippen LogP contribution in [-0.2, 0) is 4.79 Å². The van der Waals surface area contributed by atoms with Gasteiger partial charge in [0.1, 0.15) is 17.3 Å². The Morgan fingerprint density at radius 3 is 2.88 bits per heavy atom. The molecule has 0 unspecified atom stereocenters. The maximum absolute atomic E-state index is 12.4. The first-order valence-electron chi connectivity index (χ1n) is 7.59. The van der Waals surface area contributed by atoms with Gasteiger partial charge in [0.05, 0.1) is 16.3 Å². The molecule has 0 atom stereocenters. The van der Waals surface area contributed by atoms with Crippen molar-refractivity contribution in [2.45, 2.75) is 6.92 Å². The number of aryl methyl sites for hydroxylation is 1. The summed E-state index contributed by atoms with van der Waals surface area (Å²) in [5.41, 5.74) is 3.58. The summed E-state index contributed by atoms with van der Waals surface area (Å²) in [7, 11) is 0. The van der Waals surface area contributed by atoms with E-state index in [0.29, 0.717) is 21.6 Å². The Morgan fingerprint density at radius 1 is 1.32 bits per heavy atom. The third-order valence-electron chi connectivity index (χ3n) is 4.05. The number of anilines is 1. The van der Waals surface area contributed by atoms with Crippen molar-refractivity contribution in [3.05, 3.63) is 64.0 Å². The number of phenolic OH excluding ortho intramolecular Hbond substituents is 1. The molecule has 4 rings (SSSR count). The molecule has 3 heterocycles. The molecule has 1 aliphatic heterocycles. The van der Waals surface area contributed by atoms with Gasteiger partial charge in [-0.15, -0.1) is 0 Å². The van der Waals surface area contributed by atoms with E-state index < -0.39 is 0 Å². The molecule has 0 fully saturated rings. The van der Waals surface area contributed by atoms with Crippen LogP contribution in [0.4, 0.5) is 5.82 Å². The van der Waals surface area contributed by atoms with Crippen LogP contribution in [0.3, 0.4) is 0 Å². The van der Waals surface area contributed by atoms with Gasteiger partial charge in [0.25, 0.3) is 5.91 Å². The highest BCUT2D eigenvalue weighted by Gasteiger charge is 2.26. The van der Waals surface area contributed by atoms with Gasteiger partial charge in [-0.05, 0) is 70.4 Å². The Balaban J connectivity index is 1.82. The molecule has 25 heavy (non-hydrogen) atoms. The van der Waals surface area contributed by atoms with Crippen LogP contribution >= 0.6 is 15.9 Å². The van der Waals surface area contributed by atoms with Crippen molar-refractivity contribution < 1.29 is 14.3 Å². The number of carbonyl (C=O) groups is 1. The van der Waals surface area contributed by atoms with E-state index in [1.54, 1.807) is 37.6 Å². The molecule has 0 saturated heterocycles. The van der Waals surface area contributed by atoms with Crippen LogP contribution < -0.4 is 5.32 Å². The number of fused-ring (bicyclic) bond motifs is 1. The van der Waals surface area contributed by atoms with Crippen LogP contribution in [0.5, 0.6) is 5.75 Å². The minimum absolute atomic E-state index is 0.195. The van der Waals surface area contributed by atoms with Crippen molar-refractivity contribution in [3.8, 4) is 17.1 Å². The van der Waals surface area contributed by atoms with Crippen molar-refractivity contribution >= 4 is 39.3 Å². The number of furan rings is 1. The topological polar surface area (TPSA) is 75.4 Å². The van der Waals surface area contributed by atoms with Gasteiger partial charge >= 0.3 is 0 Å². The zero-order chi connectivity index (χ0) is 17.6. The van der Waals surface area contributed by atoms with Gasteiger partial charge < -0.3 is 14.8 Å². The monoisotopic (exact) mass is 396 g/mol. The first-order chi connectivity index (χ1) is 12.0. The van der Waals surface area contributed by atoms with Gasteiger partial charge in [-0.25, -0.2) is 4.98 Å². The molecule has 3 aromatic rings. The molecular weight excluding hydrogens is 384 g/mol. The molecule has 2 N–H and O–H groups in total. The molecule has 124 valence electrons. The number of nitrogens with zero attached hydrogens (tertiary/aromatic N) is 1. The van der Waals surface area contributed by atoms with Crippen molar-refractivity contribution in [2.75, 3.05) is 5.32 Å². The molecular formula is C19H13BrN2O3. The number of aromatic nitrogens is 1. The lowest BCUT2D eigenvalue weighted by Gasteiger charge is -2.05. The Labute approximate surface area is 152 Å². The maximum atomic E-state index is 12.4. The SMILES string of the molecule is Cc1cc(/C=C2\C(=O)Nc3ncc(-c4ccco4)cc32)cc(Br)c1O. The molecule has 1 aliphatic rings. The van der Waals surface area contributed by atoms with E-state index in [-0.39, 0.29) is 11.7 Å². The quantitative estimate of drug-likeness (QED) is 0.620. The number of hydrogen-bond acceptors (Lipinski definition) is 4. The second-order valence-electron chi connectivity index (χ2n) is 5.78. The van der Waals surface area contributed by atoms with Crippen molar-refractivity contribution in [1.82, 2.24) is 4.98 Å². The Morgan fingerprint density at radius 2 is 2.16 bits per heavy atom. The molecule has 0 aliphatic carbocycles. The molecule has 6 heteroatoms. The molecule has 1 amide bonds. The van der Waals surface area contributed by atoms with E-state index >= 15 is 0 Å². The van der Waals surface area contributed by atoms with Gasteiger partial charge in [-0.1, -0.05) is 0 Å². The van der Waals surface area contributed by atoms with Crippen molar-refractivity contribution in [3.63, 3.8) is 0 Å². The Bertz CT molecular complexity index is 1000. The van der Waals surface area contributed by atoms with Crippen LogP contribution in [0.1, 0.15) is 16.7 Å². The molecule has 2 aromatic heterocycles. The summed E-state index contributed by atoms with van der Waals surface area (Å²) in [6, 6.07) is 9.12. The van der Waals surface area contributed by atoms with Gasteiger partial charge in [-0.2, -0.15) is 0 Å². The Hall–Kier alpha value is -2.86. The van der Waals surface area contributed by atoms with Crippen molar-refractivity contribution in [1.29, 1.82) is 0 Å². The number of pyridine rings is 1. The number of phenols is 1. The molecule has 5 nitrogen and oxygen atoms in total. The highest BCUT2D eigenvalue weighted by molar-refractivity contribution is 9.10. The number of rotatable bonds is 2. The van der Waals surface area contributed by atoms with Gasteiger partial charge in [0.2, 0.25) is 0 Å². The number of halogens is 1. The third-order valence-corrected chi connectivity index (χ3v) is 4.65. The van der Waals surface area contributed by atoms with E-state index in [9.17, 15) is 9.90 Å². The fourth-order valence-electron chi connectivity index (χ4n) is 2.80. The summed E-state index contributed by atoms with van der Waals surface area (Å²) in [5.74, 6) is 1.21. The summed E-state index contributed by atoms with van der Waals surface area (Å²) < 4.78 is 5.99. The summed E-state index contributed by atoms with van der Waals surface area (Å²) in [5, 5.41) is 12.6. The normalized spacial score (nSPS) is 14.6. The van der Waals surface area contributed by atoms with E-state index in [0.717, 1.165) is 22.3 Å². The first-order valence-corrected chi connectivity index (χ1v) is 8.38. The number of carbonyl (C=O) groups excluding carboxylic acids is 1. The van der Waals surface area contributed by atoms with Crippen LogP contribution in [0.2, 0.25) is 0 Å². The Kier molecular flexibility index (Phi) is 3.69. The molecule has 0 radical (unpaired) electrons. The van der Waals surface area contributed by atoms with Gasteiger partial charge in [0, 0.05) is 17.3 Å². The second-order valence-corrected chi connectivity index (χ2v) is 6.63. The second kappa shape index (κ2) is 5.89. The fourth-order valence-corrected chi connectivity index (χ4v) is 3.38. The van der Waals surface area contributed by atoms with Crippen LogP contribution in [0.25, 0.3) is 23.0 Å². The standard InChI is InChI=1S/C19H13BrN2O3/c1-10-5-11(7-15(20)17(10)23)6-14-13-8-12(16-3-2-4-25-16)9-21-18(13)22-19(14)24/h2-9,23H,1H3,(H,21,22,24)/b14-6-. The van der Waals surface area contributed by atoms with E-state index in [1.165, 1.54) is 0 Å². The first kappa shape index (κ1) is 15.7. The maximum Gasteiger partial charge on any atom is 0.257 e. The number of hydrogen-bond donors (Lipinski definition) is 2. The fraction of sp³-hybridized carbons (Fsp3) is 0.0526.